The van der Waals surface area contributed by atoms with Gasteiger partial charge in [0.25, 0.3) is 0 Å². The number of hydrogen-bond acceptors (Lipinski definition) is 2. The van der Waals surface area contributed by atoms with Crippen LogP contribution >= 0.6 is 0 Å². The van der Waals surface area contributed by atoms with Crippen molar-refractivity contribution in [3.8, 4) is 11.1 Å². The van der Waals surface area contributed by atoms with Gasteiger partial charge in [-0.25, -0.2) is 0 Å². The van der Waals surface area contributed by atoms with E-state index in [1.165, 1.54) is 33.4 Å². The van der Waals surface area contributed by atoms with Crippen LogP contribution in [0.15, 0.2) is 109 Å². The Bertz CT molecular complexity index is 1280. The van der Waals surface area contributed by atoms with Gasteiger partial charge < -0.3 is 4.90 Å². The first-order valence-electron chi connectivity index (χ1n) is 13.3. The lowest BCUT2D eigenvalue weighted by Gasteiger charge is -2.30. The second-order valence-electron chi connectivity index (χ2n) is 10.2. The monoisotopic (exact) mass is 488 g/mol. The molecule has 37 heavy (non-hydrogen) atoms. The normalized spacial score (nSPS) is 14.6. The van der Waals surface area contributed by atoms with E-state index >= 15 is 0 Å². The first-order chi connectivity index (χ1) is 18.1. The highest BCUT2D eigenvalue weighted by Gasteiger charge is 2.27. The molecule has 1 amide bonds. The molecule has 2 atom stereocenters. The molecule has 0 aromatic heterocycles. The van der Waals surface area contributed by atoms with Gasteiger partial charge in [0, 0.05) is 32.6 Å². The summed E-state index contributed by atoms with van der Waals surface area (Å²) in [4.78, 5) is 17.7. The fraction of sp³-hybridized carbons (Fsp3) is 0.265. The van der Waals surface area contributed by atoms with Crippen molar-refractivity contribution >= 4 is 5.91 Å². The van der Waals surface area contributed by atoms with Gasteiger partial charge in [-0.05, 0) is 53.1 Å². The van der Waals surface area contributed by atoms with Crippen LogP contribution in [0.1, 0.15) is 48.1 Å². The molecule has 0 aliphatic carbocycles. The lowest BCUT2D eigenvalue weighted by molar-refractivity contribution is -0.132. The lowest BCUT2D eigenvalue weighted by Crippen LogP contribution is -2.35. The molecule has 3 heteroatoms. The van der Waals surface area contributed by atoms with Gasteiger partial charge in [-0.3, -0.25) is 9.69 Å². The van der Waals surface area contributed by atoms with Crippen LogP contribution in [0.3, 0.4) is 0 Å². The molecular weight excluding hydrogens is 452 g/mol. The number of nitrogens with zero attached hydrogens (tertiary/aromatic N) is 2. The molecule has 0 radical (unpaired) electrons. The molecule has 0 N–H and O–H groups in total. The van der Waals surface area contributed by atoms with Crippen LogP contribution in [0.25, 0.3) is 11.1 Å². The van der Waals surface area contributed by atoms with E-state index in [1.807, 2.05) is 30.1 Å². The third-order valence-electron chi connectivity index (χ3n) is 7.86. The Morgan fingerprint density at radius 1 is 0.757 bits per heavy atom. The topological polar surface area (TPSA) is 23.6 Å². The number of fused-ring (bicyclic) bond motifs is 1. The van der Waals surface area contributed by atoms with Crippen molar-refractivity contribution in [1.82, 2.24) is 9.80 Å². The van der Waals surface area contributed by atoms with Gasteiger partial charge in [0.15, 0.2) is 0 Å². The molecule has 0 saturated heterocycles. The Labute approximate surface area is 221 Å². The smallest absolute Gasteiger partial charge is 0.222 e. The molecule has 1 aliphatic rings. The maximum atomic E-state index is 13.3. The van der Waals surface area contributed by atoms with Crippen molar-refractivity contribution < 1.29 is 4.79 Å². The predicted molar refractivity (Wildman–Crippen MR) is 152 cm³/mol. The zero-order chi connectivity index (χ0) is 25.6. The third-order valence-corrected chi connectivity index (χ3v) is 7.86. The van der Waals surface area contributed by atoms with Gasteiger partial charge in [-0.15, -0.1) is 0 Å². The predicted octanol–water partition coefficient (Wildman–Crippen LogP) is 7.28. The van der Waals surface area contributed by atoms with Crippen LogP contribution in [-0.2, 0) is 24.3 Å². The van der Waals surface area contributed by atoms with Crippen molar-refractivity contribution in [2.24, 2.45) is 0 Å². The van der Waals surface area contributed by atoms with Crippen molar-refractivity contribution in [2.75, 3.05) is 7.05 Å². The Hall–Kier alpha value is -3.69. The van der Waals surface area contributed by atoms with E-state index in [4.69, 9.17) is 0 Å². The van der Waals surface area contributed by atoms with E-state index in [1.54, 1.807) is 0 Å². The van der Waals surface area contributed by atoms with Gasteiger partial charge in [0.05, 0.1) is 6.04 Å². The summed E-state index contributed by atoms with van der Waals surface area (Å²) in [6.45, 7) is 4.01. The van der Waals surface area contributed by atoms with Gasteiger partial charge in [-0.2, -0.15) is 0 Å². The van der Waals surface area contributed by atoms with Crippen molar-refractivity contribution in [3.63, 3.8) is 0 Å². The summed E-state index contributed by atoms with van der Waals surface area (Å²) in [6, 6.07) is 38.8. The summed E-state index contributed by atoms with van der Waals surface area (Å²) in [6.07, 6.45) is 2.33. The quantitative estimate of drug-likeness (QED) is 0.247. The minimum Gasteiger partial charge on any atom is -0.339 e. The minimum absolute atomic E-state index is 0.0636. The molecule has 0 spiro atoms. The van der Waals surface area contributed by atoms with E-state index in [0.29, 0.717) is 12.5 Å². The highest BCUT2D eigenvalue weighted by molar-refractivity contribution is 5.76. The Kier molecular flexibility index (Phi) is 7.82. The third kappa shape index (κ3) is 6.00. The number of hydrogen-bond donors (Lipinski definition) is 0. The molecule has 1 heterocycles. The first-order valence-corrected chi connectivity index (χ1v) is 13.3. The molecule has 0 saturated carbocycles. The number of benzene rings is 4. The number of rotatable bonds is 9. The maximum Gasteiger partial charge on any atom is 0.222 e. The van der Waals surface area contributed by atoms with Crippen LogP contribution in [0.5, 0.6) is 0 Å². The highest BCUT2D eigenvalue weighted by atomic mass is 16.2. The summed E-state index contributed by atoms with van der Waals surface area (Å²) in [5.74, 6) is 0.206. The van der Waals surface area contributed by atoms with Gasteiger partial charge in [0.2, 0.25) is 5.91 Å². The lowest BCUT2D eigenvalue weighted by atomic mass is 9.97. The molecule has 4 aromatic rings. The van der Waals surface area contributed by atoms with E-state index in [-0.39, 0.29) is 11.9 Å². The zero-order valence-electron chi connectivity index (χ0n) is 21.9. The number of carbonyl (C=O) groups excluding carboxylic acids is 1. The standard InChI is InChI=1S/C34H36N2O/c1-26(28-11-5-3-6-12-28)35(2)34(37)22-21-33(36-24-31-15-9-10-16-32(31)25-36)23-27-17-19-30(20-18-27)29-13-7-4-8-14-29/h3-20,26,33H,21-25H2,1-2H3/t26-,33-/m0/s1. The van der Waals surface area contributed by atoms with E-state index in [9.17, 15) is 4.79 Å². The fourth-order valence-corrected chi connectivity index (χ4v) is 5.40. The highest BCUT2D eigenvalue weighted by Crippen LogP contribution is 2.29. The summed E-state index contributed by atoms with van der Waals surface area (Å²) >= 11 is 0. The van der Waals surface area contributed by atoms with Crippen molar-refractivity contribution in [2.45, 2.75) is 51.4 Å². The van der Waals surface area contributed by atoms with E-state index in [0.717, 1.165) is 25.9 Å². The molecule has 0 bridgehead atoms. The fourth-order valence-electron chi connectivity index (χ4n) is 5.40. The molecule has 4 aromatic carbocycles. The van der Waals surface area contributed by atoms with Gasteiger partial charge in [-0.1, -0.05) is 109 Å². The van der Waals surface area contributed by atoms with Gasteiger partial charge >= 0.3 is 0 Å². The van der Waals surface area contributed by atoms with Gasteiger partial charge in [0.1, 0.15) is 0 Å². The minimum atomic E-state index is 0.0636. The Morgan fingerprint density at radius 2 is 1.30 bits per heavy atom. The van der Waals surface area contributed by atoms with Crippen LogP contribution in [0, 0.1) is 0 Å². The first kappa shape index (κ1) is 25.0. The van der Waals surface area contributed by atoms with Crippen LogP contribution in [-0.4, -0.2) is 28.8 Å². The van der Waals surface area contributed by atoms with Crippen molar-refractivity contribution in [1.29, 1.82) is 0 Å². The summed E-state index contributed by atoms with van der Waals surface area (Å²) in [5, 5.41) is 0. The van der Waals surface area contributed by atoms with Crippen LogP contribution in [0.4, 0.5) is 0 Å². The summed E-state index contributed by atoms with van der Waals surface area (Å²) in [7, 11) is 1.93. The SMILES string of the molecule is C[C@@H](c1ccccc1)N(C)C(=O)CC[C@@H](Cc1ccc(-c2ccccc2)cc1)N1Cc2ccccc2C1. The van der Waals surface area contributed by atoms with Crippen molar-refractivity contribution in [3.05, 3.63) is 131 Å². The van der Waals surface area contributed by atoms with Crippen LogP contribution in [0.2, 0.25) is 0 Å². The average molecular weight is 489 g/mol. The maximum absolute atomic E-state index is 13.3. The van der Waals surface area contributed by atoms with E-state index in [2.05, 4.69) is 103 Å². The molecular formula is C34H36N2O. The summed E-state index contributed by atoms with van der Waals surface area (Å²) < 4.78 is 0. The van der Waals surface area contributed by atoms with E-state index < -0.39 is 0 Å². The second-order valence-corrected chi connectivity index (χ2v) is 10.2. The Balaban J connectivity index is 1.28. The number of amides is 1. The average Bonchev–Trinajstić information content (AvgIpc) is 3.40. The molecule has 0 fully saturated rings. The number of carbonyl (C=O) groups is 1. The molecule has 5 rings (SSSR count). The molecule has 0 unspecified atom stereocenters. The largest absolute Gasteiger partial charge is 0.339 e. The molecule has 3 nitrogen and oxygen atoms in total. The molecule has 1 aliphatic heterocycles. The zero-order valence-corrected chi connectivity index (χ0v) is 21.9. The molecule has 188 valence electrons. The summed E-state index contributed by atoms with van der Waals surface area (Å²) in [5.41, 5.74) is 7.78. The van der Waals surface area contributed by atoms with Crippen LogP contribution < -0.4 is 0 Å². The Morgan fingerprint density at radius 3 is 1.92 bits per heavy atom. The second kappa shape index (κ2) is 11.6.